The molecule has 1 amide bonds. The predicted molar refractivity (Wildman–Crippen MR) is 110 cm³/mol. The van der Waals surface area contributed by atoms with Gasteiger partial charge in [0.05, 0.1) is 17.7 Å². The van der Waals surface area contributed by atoms with Gasteiger partial charge < -0.3 is 15.5 Å². The van der Waals surface area contributed by atoms with E-state index in [0.717, 1.165) is 54.6 Å². The largest absolute Gasteiger partial charge is 0.323 e. The summed E-state index contributed by atoms with van der Waals surface area (Å²) < 4.78 is 0. The van der Waals surface area contributed by atoms with Crippen molar-refractivity contribution in [1.82, 2.24) is 15.2 Å². The third-order valence-electron chi connectivity index (χ3n) is 4.74. The lowest BCUT2D eigenvalue weighted by Crippen LogP contribution is -2.35. The van der Waals surface area contributed by atoms with E-state index in [1.807, 2.05) is 25.1 Å². The number of carbonyl (C=O) groups is 1. The van der Waals surface area contributed by atoms with Crippen molar-refractivity contribution in [3.05, 3.63) is 36.0 Å². The van der Waals surface area contributed by atoms with E-state index in [1.54, 1.807) is 6.20 Å². The highest BCUT2D eigenvalue weighted by Gasteiger charge is 2.10. The summed E-state index contributed by atoms with van der Waals surface area (Å²) in [4.78, 5) is 19.2. The van der Waals surface area contributed by atoms with Gasteiger partial charge in [0.1, 0.15) is 0 Å². The van der Waals surface area contributed by atoms with E-state index in [1.165, 1.54) is 0 Å². The molecule has 5 heteroatoms. The van der Waals surface area contributed by atoms with Crippen LogP contribution < -0.4 is 10.6 Å². The van der Waals surface area contributed by atoms with Gasteiger partial charge in [0.2, 0.25) is 5.91 Å². The number of benzene rings is 1. The monoisotopic (exact) mass is 356 g/mol. The van der Waals surface area contributed by atoms with E-state index in [0.29, 0.717) is 12.6 Å². The summed E-state index contributed by atoms with van der Waals surface area (Å²) in [5.41, 5.74) is 2.72. The van der Waals surface area contributed by atoms with Gasteiger partial charge in [-0.05, 0) is 70.1 Å². The van der Waals surface area contributed by atoms with Crippen LogP contribution in [-0.4, -0.2) is 48.0 Å². The molecule has 0 aliphatic rings. The Balaban J connectivity index is 1.82. The normalized spacial score (nSPS) is 12.5. The SMILES string of the molecule is CCN(CC)CCCC(C)NCC(=O)Nc1cc(C)cc2cccnc12. The molecule has 0 fully saturated rings. The van der Waals surface area contributed by atoms with Crippen molar-refractivity contribution < 1.29 is 4.79 Å². The van der Waals surface area contributed by atoms with Crippen LogP contribution in [0.4, 0.5) is 5.69 Å². The van der Waals surface area contributed by atoms with Gasteiger partial charge >= 0.3 is 0 Å². The highest BCUT2D eigenvalue weighted by Crippen LogP contribution is 2.23. The summed E-state index contributed by atoms with van der Waals surface area (Å²) in [5.74, 6) is -0.0295. The standard InChI is InChI=1S/C21H32N4O/c1-5-25(6-2)12-8-9-17(4)23-15-20(26)24-19-14-16(3)13-18-10-7-11-22-21(18)19/h7,10-11,13-14,17,23H,5-6,8-9,12,15H2,1-4H3,(H,24,26). The lowest BCUT2D eigenvalue weighted by Gasteiger charge is -2.19. The number of amides is 1. The Bertz CT molecular complexity index is 712. The number of aryl methyl sites for hydroxylation is 1. The van der Waals surface area contributed by atoms with Crippen LogP contribution in [-0.2, 0) is 4.79 Å². The molecule has 2 N–H and O–H groups in total. The van der Waals surface area contributed by atoms with Crippen LogP contribution in [0.3, 0.4) is 0 Å². The molecule has 142 valence electrons. The van der Waals surface area contributed by atoms with E-state index >= 15 is 0 Å². The molecule has 2 aromatic rings. The van der Waals surface area contributed by atoms with Crippen LogP contribution in [0.15, 0.2) is 30.5 Å². The first-order chi connectivity index (χ1) is 12.5. The van der Waals surface area contributed by atoms with Gasteiger partial charge in [-0.2, -0.15) is 0 Å². The second kappa shape index (κ2) is 10.2. The molecule has 2 rings (SSSR count). The lowest BCUT2D eigenvalue weighted by molar-refractivity contribution is -0.115. The Morgan fingerprint density at radius 2 is 2.04 bits per heavy atom. The maximum absolute atomic E-state index is 12.3. The summed E-state index contributed by atoms with van der Waals surface area (Å²) in [5, 5.41) is 7.37. The fourth-order valence-electron chi connectivity index (χ4n) is 3.16. The molecule has 26 heavy (non-hydrogen) atoms. The minimum atomic E-state index is -0.0295. The molecule has 0 bridgehead atoms. The zero-order valence-corrected chi connectivity index (χ0v) is 16.5. The van der Waals surface area contributed by atoms with Gasteiger partial charge in [0, 0.05) is 17.6 Å². The van der Waals surface area contributed by atoms with Crippen molar-refractivity contribution in [2.24, 2.45) is 0 Å². The second-order valence-electron chi connectivity index (χ2n) is 6.89. The van der Waals surface area contributed by atoms with Crippen molar-refractivity contribution in [1.29, 1.82) is 0 Å². The van der Waals surface area contributed by atoms with Crippen molar-refractivity contribution in [2.45, 2.75) is 46.6 Å². The third-order valence-corrected chi connectivity index (χ3v) is 4.74. The molecule has 0 aliphatic heterocycles. The van der Waals surface area contributed by atoms with E-state index in [2.05, 4.69) is 47.4 Å². The summed E-state index contributed by atoms with van der Waals surface area (Å²) in [6.45, 7) is 12.2. The molecular weight excluding hydrogens is 324 g/mol. The summed E-state index contributed by atoms with van der Waals surface area (Å²) >= 11 is 0. The van der Waals surface area contributed by atoms with E-state index < -0.39 is 0 Å². The lowest BCUT2D eigenvalue weighted by atomic mass is 10.1. The molecule has 1 aromatic heterocycles. The van der Waals surface area contributed by atoms with Crippen molar-refractivity contribution in [2.75, 3.05) is 31.5 Å². The molecule has 0 saturated carbocycles. The van der Waals surface area contributed by atoms with Crippen LogP contribution in [0, 0.1) is 6.92 Å². The minimum Gasteiger partial charge on any atom is -0.323 e. The number of hydrogen-bond donors (Lipinski definition) is 2. The van der Waals surface area contributed by atoms with Gasteiger partial charge in [-0.1, -0.05) is 19.9 Å². The summed E-state index contributed by atoms with van der Waals surface area (Å²) in [7, 11) is 0. The molecule has 0 saturated heterocycles. The first-order valence-corrected chi connectivity index (χ1v) is 9.64. The van der Waals surface area contributed by atoms with E-state index in [4.69, 9.17) is 0 Å². The third kappa shape index (κ3) is 6.07. The van der Waals surface area contributed by atoms with Crippen LogP contribution in [0.25, 0.3) is 10.9 Å². The fourth-order valence-corrected chi connectivity index (χ4v) is 3.16. The van der Waals surface area contributed by atoms with Crippen molar-refractivity contribution in [3.8, 4) is 0 Å². The topological polar surface area (TPSA) is 57.3 Å². The van der Waals surface area contributed by atoms with Gasteiger partial charge in [-0.15, -0.1) is 0 Å². The number of rotatable bonds is 10. The Kier molecular flexibility index (Phi) is 8.01. The molecule has 5 nitrogen and oxygen atoms in total. The second-order valence-corrected chi connectivity index (χ2v) is 6.89. The van der Waals surface area contributed by atoms with Crippen LogP contribution in [0.2, 0.25) is 0 Å². The van der Waals surface area contributed by atoms with Gasteiger partial charge in [-0.25, -0.2) is 0 Å². The van der Waals surface area contributed by atoms with Gasteiger partial charge in [0.15, 0.2) is 0 Å². The fraction of sp³-hybridized carbons (Fsp3) is 0.524. The highest BCUT2D eigenvalue weighted by molar-refractivity contribution is 6.01. The zero-order valence-electron chi connectivity index (χ0n) is 16.5. The van der Waals surface area contributed by atoms with Crippen LogP contribution in [0.1, 0.15) is 39.2 Å². The van der Waals surface area contributed by atoms with Crippen molar-refractivity contribution in [3.63, 3.8) is 0 Å². The quantitative estimate of drug-likeness (QED) is 0.683. The zero-order chi connectivity index (χ0) is 18.9. The number of hydrogen-bond acceptors (Lipinski definition) is 4. The minimum absolute atomic E-state index is 0.0295. The summed E-state index contributed by atoms with van der Waals surface area (Å²) in [6, 6.07) is 8.30. The van der Waals surface area contributed by atoms with E-state index in [9.17, 15) is 4.79 Å². The molecule has 1 aromatic carbocycles. The first kappa shape index (κ1) is 20.3. The molecular formula is C21H32N4O. The molecule has 1 heterocycles. The molecule has 1 atom stereocenters. The summed E-state index contributed by atoms with van der Waals surface area (Å²) in [6.07, 6.45) is 3.96. The predicted octanol–water partition coefficient (Wildman–Crippen LogP) is 3.58. The number of aromatic nitrogens is 1. The Labute approximate surface area is 157 Å². The van der Waals surface area contributed by atoms with Crippen LogP contribution in [0.5, 0.6) is 0 Å². The number of nitrogens with one attached hydrogen (secondary N) is 2. The number of pyridine rings is 1. The maximum atomic E-state index is 12.3. The smallest absolute Gasteiger partial charge is 0.238 e. The van der Waals surface area contributed by atoms with Gasteiger partial charge in [-0.3, -0.25) is 9.78 Å². The Morgan fingerprint density at radius 1 is 1.27 bits per heavy atom. The van der Waals surface area contributed by atoms with Gasteiger partial charge in [0.25, 0.3) is 0 Å². The highest BCUT2D eigenvalue weighted by atomic mass is 16.1. The maximum Gasteiger partial charge on any atom is 0.238 e. The van der Waals surface area contributed by atoms with Crippen LogP contribution >= 0.6 is 0 Å². The number of anilines is 1. The Hall–Kier alpha value is -1.98. The average molecular weight is 357 g/mol. The van der Waals surface area contributed by atoms with E-state index in [-0.39, 0.29) is 5.91 Å². The average Bonchev–Trinajstić information content (AvgIpc) is 2.63. The number of carbonyl (C=O) groups excluding carboxylic acids is 1. The molecule has 0 radical (unpaired) electrons. The number of fused-ring (bicyclic) bond motifs is 1. The van der Waals surface area contributed by atoms with Crippen molar-refractivity contribution >= 4 is 22.5 Å². The molecule has 0 spiro atoms. The first-order valence-electron chi connectivity index (χ1n) is 9.64. The number of nitrogens with zero attached hydrogens (tertiary/aromatic N) is 2. The molecule has 1 unspecified atom stereocenters. The molecule has 0 aliphatic carbocycles. The Morgan fingerprint density at radius 3 is 2.77 bits per heavy atom.